The predicted molar refractivity (Wildman–Crippen MR) is 115 cm³/mol. The Morgan fingerprint density at radius 1 is 1.10 bits per heavy atom. The molecule has 2 aliphatic heterocycles. The van der Waals surface area contributed by atoms with Crippen molar-refractivity contribution in [1.82, 2.24) is 9.62 Å². The van der Waals surface area contributed by atoms with Gasteiger partial charge in [-0.25, -0.2) is 13.1 Å². The molecular weight excluding hydrogens is 408 g/mol. The highest BCUT2D eigenvalue weighted by Gasteiger charge is 2.27. The number of amides is 1. The Hall–Kier alpha value is -2.62. The van der Waals surface area contributed by atoms with Gasteiger partial charge >= 0.3 is 0 Å². The van der Waals surface area contributed by atoms with Crippen LogP contribution in [0, 0.1) is 0 Å². The van der Waals surface area contributed by atoms with Gasteiger partial charge in [-0.15, -0.1) is 0 Å². The molecule has 2 aliphatic rings. The van der Waals surface area contributed by atoms with Crippen LogP contribution in [-0.2, 0) is 21.4 Å². The molecular formula is C20H20N4O3S2. The van der Waals surface area contributed by atoms with E-state index >= 15 is 0 Å². The van der Waals surface area contributed by atoms with Crippen LogP contribution in [0.15, 0.2) is 75.6 Å². The third kappa shape index (κ3) is 4.69. The number of benzene rings is 2. The molecule has 2 aromatic carbocycles. The molecule has 0 atom stereocenters. The Balaban J connectivity index is 1.33. The number of sulfonamides is 1. The number of thioether (sulfide) groups is 1. The van der Waals surface area contributed by atoms with Crippen molar-refractivity contribution in [2.75, 3.05) is 18.4 Å². The summed E-state index contributed by atoms with van der Waals surface area (Å²) in [5.41, 5.74) is 2.37. The molecule has 2 N–H and O–H groups in total. The lowest BCUT2D eigenvalue weighted by Crippen LogP contribution is -2.24. The SMILES string of the molecule is O=C(CC1=CSC2=NCCN12)Nc1ccc(S(=O)(=O)NCc2ccccc2)cc1. The van der Waals surface area contributed by atoms with Crippen molar-refractivity contribution in [1.29, 1.82) is 0 Å². The molecule has 0 spiro atoms. The van der Waals surface area contributed by atoms with Crippen molar-refractivity contribution in [3.05, 3.63) is 71.3 Å². The topological polar surface area (TPSA) is 90.9 Å². The van der Waals surface area contributed by atoms with Gasteiger partial charge < -0.3 is 10.2 Å². The Labute approximate surface area is 174 Å². The average Bonchev–Trinajstić information content (AvgIpc) is 3.33. The Kier molecular flexibility index (Phi) is 5.70. The summed E-state index contributed by atoms with van der Waals surface area (Å²) in [6.07, 6.45) is 0.255. The molecule has 4 rings (SSSR count). The number of hydrogen-bond acceptors (Lipinski definition) is 6. The summed E-state index contributed by atoms with van der Waals surface area (Å²) in [4.78, 5) is 18.9. The van der Waals surface area contributed by atoms with Gasteiger partial charge in [-0.3, -0.25) is 9.79 Å². The fraction of sp³-hybridized carbons (Fsp3) is 0.200. The van der Waals surface area contributed by atoms with Gasteiger partial charge in [0.1, 0.15) is 0 Å². The predicted octanol–water partition coefficient (Wildman–Crippen LogP) is 2.75. The molecule has 0 bridgehead atoms. The number of hydrogen-bond donors (Lipinski definition) is 2. The summed E-state index contributed by atoms with van der Waals surface area (Å²) in [6, 6.07) is 15.5. The minimum absolute atomic E-state index is 0.150. The zero-order valence-electron chi connectivity index (χ0n) is 15.5. The highest BCUT2D eigenvalue weighted by atomic mass is 32.2. The fourth-order valence-electron chi connectivity index (χ4n) is 3.06. The maximum absolute atomic E-state index is 12.5. The summed E-state index contributed by atoms with van der Waals surface area (Å²) < 4.78 is 27.5. The maximum atomic E-state index is 12.5. The smallest absolute Gasteiger partial charge is 0.240 e. The second kappa shape index (κ2) is 8.40. The number of aliphatic imine (C=N–C) groups is 1. The lowest BCUT2D eigenvalue weighted by Gasteiger charge is -2.16. The molecule has 0 saturated heterocycles. The fourth-order valence-corrected chi connectivity index (χ4v) is 5.03. The van der Waals surface area contributed by atoms with Gasteiger partial charge in [0.25, 0.3) is 0 Å². The summed E-state index contributed by atoms with van der Waals surface area (Å²) in [5.74, 6) is -0.150. The van der Waals surface area contributed by atoms with Crippen molar-refractivity contribution in [3.8, 4) is 0 Å². The van der Waals surface area contributed by atoms with E-state index in [-0.39, 0.29) is 23.8 Å². The molecule has 150 valence electrons. The van der Waals surface area contributed by atoms with Crippen molar-refractivity contribution in [2.45, 2.75) is 17.9 Å². The number of carbonyl (C=O) groups excluding carboxylic acids is 1. The quantitative estimate of drug-likeness (QED) is 0.708. The number of nitrogens with one attached hydrogen (secondary N) is 2. The Morgan fingerprint density at radius 3 is 2.62 bits per heavy atom. The van der Waals surface area contributed by atoms with Gasteiger partial charge in [0.2, 0.25) is 15.9 Å². The lowest BCUT2D eigenvalue weighted by molar-refractivity contribution is -0.115. The van der Waals surface area contributed by atoms with Gasteiger partial charge in [0.15, 0.2) is 5.17 Å². The third-order valence-electron chi connectivity index (χ3n) is 4.55. The molecule has 1 amide bonds. The van der Waals surface area contributed by atoms with Gasteiger partial charge in [-0.05, 0) is 35.2 Å². The maximum Gasteiger partial charge on any atom is 0.240 e. The van der Waals surface area contributed by atoms with Crippen LogP contribution in [0.2, 0.25) is 0 Å². The highest BCUT2D eigenvalue weighted by molar-refractivity contribution is 8.16. The molecule has 9 heteroatoms. The van der Waals surface area contributed by atoms with E-state index in [9.17, 15) is 13.2 Å². The van der Waals surface area contributed by atoms with Crippen LogP contribution in [0.5, 0.6) is 0 Å². The van der Waals surface area contributed by atoms with Gasteiger partial charge in [0.05, 0.1) is 17.9 Å². The zero-order chi connectivity index (χ0) is 20.3. The standard InChI is InChI=1S/C20H20N4O3S2/c25-19(12-17-14-28-20-21-10-11-24(17)20)23-16-6-8-18(9-7-16)29(26,27)22-13-15-4-2-1-3-5-15/h1-9,14,22H,10-13H2,(H,23,25). The molecule has 0 aliphatic carbocycles. The van der Waals surface area contributed by atoms with E-state index in [4.69, 9.17) is 0 Å². The van der Waals surface area contributed by atoms with Crippen molar-refractivity contribution in [2.24, 2.45) is 4.99 Å². The molecule has 7 nitrogen and oxygen atoms in total. The van der Waals surface area contributed by atoms with Crippen LogP contribution in [0.1, 0.15) is 12.0 Å². The van der Waals surface area contributed by atoms with E-state index in [1.54, 1.807) is 12.1 Å². The van der Waals surface area contributed by atoms with Gasteiger partial charge in [-0.1, -0.05) is 42.1 Å². The van der Waals surface area contributed by atoms with Crippen LogP contribution < -0.4 is 10.0 Å². The normalized spacial score (nSPS) is 15.7. The first-order valence-corrected chi connectivity index (χ1v) is 11.5. The minimum Gasteiger partial charge on any atom is -0.326 e. The number of rotatable bonds is 7. The van der Waals surface area contributed by atoms with E-state index in [2.05, 4.69) is 19.9 Å². The van der Waals surface area contributed by atoms with Gasteiger partial charge in [0, 0.05) is 24.5 Å². The van der Waals surface area contributed by atoms with E-state index in [0.717, 1.165) is 29.5 Å². The molecule has 2 aromatic rings. The summed E-state index contributed by atoms with van der Waals surface area (Å²) in [6.45, 7) is 1.79. The van der Waals surface area contributed by atoms with Crippen LogP contribution in [0.25, 0.3) is 0 Å². The van der Waals surface area contributed by atoms with Crippen LogP contribution in [0.3, 0.4) is 0 Å². The lowest BCUT2D eigenvalue weighted by atomic mass is 10.2. The highest BCUT2D eigenvalue weighted by Crippen LogP contribution is 2.31. The average molecular weight is 429 g/mol. The molecule has 0 unspecified atom stereocenters. The van der Waals surface area contributed by atoms with Crippen LogP contribution >= 0.6 is 11.8 Å². The second-order valence-electron chi connectivity index (χ2n) is 6.60. The molecule has 0 radical (unpaired) electrons. The first kappa shape index (κ1) is 19.7. The first-order valence-electron chi connectivity index (χ1n) is 9.12. The van der Waals surface area contributed by atoms with Crippen LogP contribution in [0.4, 0.5) is 5.69 Å². The van der Waals surface area contributed by atoms with Crippen molar-refractivity contribution in [3.63, 3.8) is 0 Å². The summed E-state index contributed by atoms with van der Waals surface area (Å²) in [5, 5.41) is 5.71. The molecule has 2 heterocycles. The van der Waals surface area contributed by atoms with E-state index in [0.29, 0.717) is 5.69 Å². The molecule has 0 aromatic heterocycles. The number of carbonyl (C=O) groups is 1. The Morgan fingerprint density at radius 2 is 1.86 bits per heavy atom. The number of nitrogens with zero attached hydrogens (tertiary/aromatic N) is 2. The minimum atomic E-state index is -3.63. The Bertz CT molecular complexity index is 1060. The first-order chi connectivity index (χ1) is 14.0. The van der Waals surface area contributed by atoms with Crippen LogP contribution in [-0.4, -0.2) is 37.5 Å². The molecule has 0 saturated carbocycles. The number of anilines is 1. The monoisotopic (exact) mass is 428 g/mol. The summed E-state index contributed by atoms with van der Waals surface area (Å²) >= 11 is 1.54. The number of amidine groups is 1. The van der Waals surface area contributed by atoms with E-state index < -0.39 is 10.0 Å². The number of fused-ring (bicyclic) bond motifs is 1. The molecule has 29 heavy (non-hydrogen) atoms. The van der Waals surface area contributed by atoms with Crippen molar-refractivity contribution >= 4 is 38.5 Å². The van der Waals surface area contributed by atoms with Crippen molar-refractivity contribution < 1.29 is 13.2 Å². The summed E-state index contributed by atoms with van der Waals surface area (Å²) in [7, 11) is -3.63. The molecule has 0 fully saturated rings. The van der Waals surface area contributed by atoms with Gasteiger partial charge in [-0.2, -0.15) is 0 Å². The van der Waals surface area contributed by atoms with E-state index in [1.807, 2.05) is 35.7 Å². The largest absolute Gasteiger partial charge is 0.326 e. The second-order valence-corrected chi connectivity index (χ2v) is 9.21. The third-order valence-corrected chi connectivity index (χ3v) is 6.92. The zero-order valence-corrected chi connectivity index (χ0v) is 17.2. The van der Waals surface area contributed by atoms with E-state index in [1.165, 1.54) is 23.9 Å².